The number of carbonyl (C=O) groups excluding carboxylic acids is 1. The highest BCUT2D eigenvalue weighted by molar-refractivity contribution is 6.30. The van der Waals surface area contributed by atoms with E-state index in [1.807, 2.05) is 32.7 Å². The molecule has 0 fully saturated rings. The molecule has 106 valence electrons. The summed E-state index contributed by atoms with van der Waals surface area (Å²) >= 11 is 6.14. The van der Waals surface area contributed by atoms with Crippen molar-refractivity contribution >= 4 is 23.3 Å². The monoisotopic (exact) mass is 284 g/mol. The maximum absolute atomic E-state index is 11.6. The van der Waals surface area contributed by atoms with Gasteiger partial charge in [-0.15, -0.1) is 0 Å². The van der Waals surface area contributed by atoms with Crippen LogP contribution >= 0.6 is 11.6 Å². The largest absolute Gasteiger partial charge is 0.359 e. The Balaban J connectivity index is 2.97. The van der Waals surface area contributed by atoms with E-state index >= 15 is 0 Å². The molecule has 1 aromatic rings. The van der Waals surface area contributed by atoms with Crippen LogP contribution in [0, 0.1) is 5.92 Å². The van der Waals surface area contributed by atoms with Crippen LogP contribution in [0.25, 0.3) is 0 Å². The molecule has 0 radical (unpaired) electrons. The van der Waals surface area contributed by atoms with Gasteiger partial charge < -0.3 is 10.2 Å². The van der Waals surface area contributed by atoms with Gasteiger partial charge in [-0.25, -0.2) is 9.97 Å². The SMILES string of the molecule is CNC(=O)C(C)CN(C)c1ncnc(Cl)c1C(C)C. The van der Waals surface area contributed by atoms with Crippen LogP contribution in [-0.2, 0) is 4.79 Å². The van der Waals surface area contributed by atoms with Gasteiger partial charge in [0.15, 0.2) is 0 Å². The number of nitrogens with zero attached hydrogens (tertiary/aromatic N) is 3. The topological polar surface area (TPSA) is 58.1 Å². The first kappa shape index (κ1) is 15.7. The second-order valence-electron chi connectivity index (χ2n) is 4.95. The smallest absolute Gasteiger partial charge is 0.224 e. The summed E-state index contributed by atoms with van der Waals surface area (Å²) in [5, 5.41) is 3.12. The highest BCUT2D eigenvalue weighted by Gasteiger charge is 2.20. The van der Waals surface area contributed by atoms with Gasteiger partial charge in [-0.05, 0) is 5.92 Å². The van der Waals surface area contributed by atoms with Crippen molar-refractivity contribution in [3.63, 3.8) is 0 Å². The minimum absolute atomic E-state index is 0.0121. The zero-order chi connectivity index (χ0) is 14.6. The first-order valence-corrected chi connectivity index (χ1v) is 6.69. The predicted molar refractivity (Wildman–Crippen MR) is 77.6 cm³/mol. The Morgan fingerprint density at radius 2 is 2.05 bits per heavy atom. The van der Waals surface area contributed by atoms with E-state index in [0.717, 1.165) is 11.4 Å². The van der Waals surface area contributed by atoms with Crippen LogP contribution in [0.5, 0.6) is 0 Å². The lowest BCUT2D eigenvalue weighted by Gasteiger charge is -2.25. The maximum atomic E-state index is 11.6. The van der Waals surface area contributed by atoms with Crippen molar-refractivity contribution in [3.05, 3.63) is 17.0 Å². The van der Waals surface area contributed by atoms with Gasteiger partial charge in [-0.1, -0.05) is 32.4 Å². The molecule has 1 rings (SSSR count). The second-order valence-corrected chi connectivity index (χ2v) is 5.31. The standard InChI is InChI=1S/C13H21ClN4O/c1-8(2)10-11(14)16-7-17-12(10)18(5)6-9(3)13(19)15-4/h7-9H,6H2,1-5H3,(H,15,19). The Morgan fingerprint density at radius 3 is 2.58 bits per heavy atom. The summed E-state index contributed by atoms with van der Waals surface area (Å²) in [4.78, 5) is 21.8. The van der Waals surface area contributed by atoms with Gasteiger partial charge in [-0.3, -0.25) is 4.79 Å². The van der Waals surface area contributed by atoms with Crippen molar-refractivity contribution in [2.24, 2.45) is 5.92 Å². The average molecular weight is 285 g/mol. The van der Waals surface area contributed by atoms with Crippen molar-refractivity contribution < 1.29 is 4.79 Å². The highest BCUT2D eigenvalue weighted by atomic mass is 35.5. The molecule has 0 aliphatic rings. The summed E-state index contributed by atoms with van der Waals surface area (Å²) in [7, 11) is 3.55. The first-order valence-electron chi connectivity index (χ1n) is 6.31. The third-order valence-electron chi connectivity index (χ3n) is 2.99. The molecule has 1 N–H and O–H groups in total. The van der Waals surface area contributed by atoms with Crippen LogP contribution in [-0.4, -0.2) is 36.5 Å². The van der Waals surface area contributed by atoms with Gasteiger partial charge in [0.05, 0.1) is 5.92 Å². The second kappa shape index (κ2) is 6.70. The van der Waals surface area contributed by atoms with E-state index in [2.05, 4.69) is 15.3 Å². The number of aromatic nitrogens is 2. The highest BCUT2D eigenvalue weighted by Crippen LogP contribution is 2.30. The Hall–Kier alpha value is -1.36. The van der Waals surface area contributed by atoms with Crippen molar-refractivity contribution in [1.82, 2.24) is 15.3 Å². The number of amides is 1. The van der Waals surface area contributed by atoms with Gasteiger partial charge in [0.25, 0.3) is 0 Å². The lowest BCUT2D eigenvalue weighted by molar-refractivity contribution is -0.123. The van der Waals surface area contributed by atoms with Gasteiger partial charge in [0.2, 0.25) is 5.91 Å². The molecule has 0 saturated heterocycles. The predicted octanol–water partition coefficient (Wildman–Crippen LogP) is 2.07. The van der Waals surface area contributed by atoms with Gasteiger partial charge in [0, 0.05) is 26.2 Å². The summed E-state index contributed by atoms with van der Waals surface area (Å²) in [6, 6.07) is 0. The van der Waals surface area contributed by atoms with Gasteiger partial charge >= 0.3 is 0 Å². The molecule has 0 aliphatic heterocycles. The molecule has 1 aromatic heterocycles. The van der Waals surface area contributed by atoms with E-state index in [0.29, 0.717) is 11.7 Å². The number of rotatable bonds is 5. The van der Waals surface area contributed by atoms with Crippen LogP contribution in [0.4, 0.5) is 5.82 Å². The first-order chi connectivity index (χ1) is 8.88. The van der Waals surface area contributed by atoms with Crippen molar-refractivity contribution in [1.29, 1.82) is 0 Å². The van der Waals surface area contributed by atoms with Crippen LogP contribution in [0.3, 0.4) is 0 Å². The molecule has 19 heavy (non-hydrogen) atoms. The van der Waals surface area contributed by atoms with Crippen molar-refractivity contribution in [2.75, 3.05) is 25.5 Å². The van der Waals surface area contributed by atoms with Gasteiger partial charge in [-0.2, -0.15) is 0 Å². The Bertz CT molecular complexity index is 450. The van der Waals surface area contributed by atoms with Crippen LogP contribution in [0.2, 0.25) is 5.15 Å². The molecule has 1 amide bonds. The third-order valence-corrected chi connectivity index (χ3v) is 3.30. The fourth-order valence-corrected chi connectivity index (χ4v) is 2.34. The molecular weight excluding hydrogens is 264 g/mol. The maximum Gasteiger partial charge on any atom is 0.224 e. The quantitative estimate of drug-likeness (QED) is 0.841. The fourth-order valence-electron chi connectivity index (χ4n) is 1.99. The zero-order valence-corrected chi connectivity index (χ0v) is 12.8. The van der Waals surface area contributed by atoms with Crippen molar-refractivity contribution in [3.8, 4) is 0 Å². The van der Waals surface area contributed by atoms with E-state index in [1.54, 1.807) is 7.05 Å². The number of hydrogen-bond acceptors (Lipinski definition) is 4. The molecule has 6 heteroatoms. The molecule has 0 saturated carbocycles. The Labute approximate surface area is 119 Å². The van der Waals surface area contributed by atoms with E-state index in [4.69, 9.17) is 11.6 Å². The molecule has 0 aromatic carbocycles. The molecule has 0 spiro atoms. The van der Waals surface area contributed by atoms with Gasteiger partial charge in [0.1, 0.15) is 17.3 Å². The lowest BCUT2D eigenvalue weighted by Crippen LogP contribution is -2.35. The van der Waals surface area contributed by atoms with E-state index in [9.17, 15) is 4.79 Å². The molecule has 0 aliphatic carbocycles. The fraction of sp³-hybridized carbons (Fsp3) is 0.615. The number of hydrogen-bond donors (Lipinski definition) is 1. The Kier molecular flexibility index (Phi) is 5.54. The third kappa shape index (κ3) is 3.80. The number of anilines is 1. The minimum atomic E-state index is -0.122. The number of halogens is 1. The minimum Gasteiger partial charge on any atom is -0.359 e. The molecule has 0 bridgehead atoms. The van der Waals surface area contributed by atoms with E-state index in [-0.39, 0.29) is 17.7 Å². The number of carbonyl (C=O) groups is 1. The number of nitrogens with one attached hydrogen (secondary N) is 1. The average Bonchev–Trinajstić information content (AvgIpc) is 2.36. The molecule has 1 heterocycles. The molecule has 5 nitrogen and oxygen atoms in total. The van der Waals surface area contributed by atoms with E-state index in [1.165, 1.54) is 6.33 Å². The van der Waals surface area contributed by atoms with Crippen LogP contribution < -0.4 is 10.2 Å². The summed E-state index contributed by atoms with van der Waals surface area (Å²) < 4.78 is 0. The lowest BCUT2D eigenvalue weighted by atomic mass is 10.0. The van der Waals surface area contributed by atoms with Crippen molar-refractivity contribution in [2.45, 2.75) is 26.7 Å². The Morgan fingerprint density at radius 1 is 1.42 bits per heavy atom. The van der Waals surface area contributed by atoms with Crippen LogP contribution in [0.15, 0.2) is 6.33 Å². The summed E-state index contributed by atoms with van der Waals surface area (Å²) in [6.45, 7) is 6.55. The summed E-state index contributed by atoms with van der Waals surface area (Å²) in [5.74, 6) is 0.897. The molecular formula is C13H21ClN4O. The molecule has 1 unspecified atom stereocenters. The normalized spacial score (nSPS) is 12.4. The summed E-state index contributed by atoms with van der Waals surface area (Å²) in [6.07, 6.45) is 1.45. The van der Waals surface area contributed by atoms with E-state index < -0.39 is 0 Å². The zero-order valence-electron chi connectivity index (χ0n) is 12.1. The summed E-state index contributed by atoms with van der Waals surface area (Å²) in [5.41, 5.74) is 0.913. The van der Waals surface area contributed by atoms with Crippen LogP contribution in [0.1, 0.15) is 32.3 Å². The molecule has 1 atom stereocenters.